The van der Waals surface area contributed by atoms with Gasteiger partial charge < -0.3 is 5.32 Å². The Bertz CT molecular complexity index is 145. The largest absolute Gasteiger partial charge is 0.315 e. The molecule has 1 N–H and O–H groups in total. The Morgan fingerprint density at radius 1 is 1.42 bits per heavy atom. The standard InChI is InChI=1S/C10H20N2/c1-2-5-12-6-3-4-9-7-11-8-10(9)12/h9-11H,2-8H2,1H3/t9-,10+/m1/s1. The molecule has 0 amide bonds. The Balaban J connectivity index is 1.94. The maximum absolute atomic E-state index is 3.51. The van der Waals surface area contributed by atoms with E-state index in [0.29, 0.717) is 0 Å². The average molecular weight is 168 g/mol. The van der Waals surface area contributed by atoms with Crippen LogP contribution in [0.2, 0.25) is 0 Å². The van der Waals surface area contributed by atoms with Gasteiger partial charge in [0.1, 0.15) is 0 Å². The summed E-state index contributed by atoms with van der Waals surface area (Å²) in [5.41, 5.74) is 0. The first-order chi connectivity index (χ1) is 5.92. The van der Waals surface area contributed by atoms with Gasteiger partial charge in [-0.25, -0.2) is 0 Å². The lowest BCUT2D eigenvalue weighted by Crippen LogP contribution is -2.45. The fourth-order valence-electron chi connectivity index (χ4n) is 2.73. The summed E-state index contributed by atoms with van der Waals surface area (Å²) in [5.74, 6) is 0.963. The van der Waals surface area contributed by atoms with Crippen molar-refractivity contribution in [2.24, 2.45) is 5.92 Å². The van der Waals surface area contributed by atoms with Crippen molar-refractivity contribution in [3.8, 4) is 0 Å². The highest BCUT2D eigenvalue weighted by molar-refractivity contribution is 4.91. The molecule has 2 nitrogen and oxygen atoms in total. The van der Waals surface area contributed by atoms with Crippen LogP contribution in [0.25, 0.3) is 0 Å². The van der Waals surface area contributed by atoms with E-state index in [1.54, 1.807) is 0 Å². The van der Waals surface area contributed by atoms with Crippen molar-refractivity contribution in [3.63, 3.8) is 0 Å². The second kappa shape index (κ2) is 3.75. The van der Waals surface area contributed by atoms with Crippen LogP contribution < -0.4 is 5.32 Å². The van der Waals surface area contributed by atoms with Gasteiger partial charge in [0.05, 0.1) is 0 Å². The number of hydrogen-bond acceptors (Lipinski definition) is 2. The van der Waals surface area contributed by atoms with Crippen LogP contribution in [0.5, 0.6) is 0 Å². The van der Waals surface area contributed by atoms with Gasteiger partial charge in [0.25, 0.3) is 0 Å². The van der Waals surface area contributed by atoms with Crippen molar-refractivity contribution < 1.29 is 0 Å². The average Bonchev–Trinajstić information content (AvgIpc) is 2.53. The van der Waals surface area contributed by atoms with Crippen LogP contribution in [0.4, 0.5) is 0 Å². The zero-order valence-corrected chi connectivity index (χ0v) is 8.05. The predicted molar refractivity (Wildman–Crippen MR) is 51.2 cm³/mol. The molecule has 2 heteroatoms. The molecule has 0 aromatic carbocycles. The minimum absolute atomic E-state index is 0.874. The second-order valence-corrected chi connectivity index (χ2v) is 4.16. The second-order valence-electron chi connectivity index (χ2n) is 4.16. The molecule has 0 bridgehead atoms. The number of rotatable bonds is 2. The van der Waals surface area contributed by atoms with Crippen LogP contribution in [0.3, 0.4) is 0 Å². The normalized spacial score (nSPS) is 36.8. The molecule has 0 radical (unpaired) electrons. The van der Waals surface area contributed by atoms with Gasteiger partial charge in [0.2, 0.25) is 0 Å². The third-order valence-electron chi connectivity index (χ3n) is 3.30. The molecule has 0 unspecified atom stereocenters. The minimum Gasteiger partial charge on any atom is -0.315 e. The Morgan fingerprint density at radius 2 is 2.33 bits per heavy atom. The number of nitrogens with one attached hydrogen (secondary N) is 1. The molecule has 0 saturated carbocycles. The van der Waals surface area contributed by atoms with Gasteiger partial charge in [-0.05, 0) is 44.8 Å². The van der Waals surface area contributed by atoms with Crippen LogP contribution >= 0.6 is 0 Å². The van der Waals surface area contributed by atoms with Gasteiger partial charge >= 0.3 is 0 Å². The predicted octanol–water partition coefficient (Wildman–Crippen LogP) is 1.08. The van der Waals surface area contributed by atoms with E-state index in [0.717, 1.165) is 12.0 Å². The highest BCUT2D eigenvalue weighted by Crippen LogP contribution is 2.26. The summed E-state index contributed by atoms with van der Waals surface area (Å²) >= 11 is 0. The SMILES string of the molecule is CCCN1CCC[C@@H]2CNC[C@@H]21. The van der Waals surface area contributed by atoms with E-state index in [9.17, 15) is 0 Å². The molecule has 0 aromatic heterocycles. The molecule has 2 aliphatic heterocycles. The number of hydrogen-bond donors (Lipinski definition) is 1. The summed E-state index contributed by atoms with van der Waals surface area (Å²) in [6, 6.07) is 0.874. The van der Waals surface area contributed by atoms with Gasteiger partial charge in [-0.1, -0.05) is 6.92 Å². The summed E-state index contributed by atoms with van der Waals surface area (Å²) < 4.78 is 0. The van der Waals surface area contributed by atoms with E-state index in [1.165, 1.54) is 45.4 Å². The maximum Gasteiger partial charge on any atom is 0.0260 e. The third-order valence-corrected chi connectivity index (χ3v) is 3.30. The van der Waals surface area contributed by atoms with Crippen molar-refractivity contribution >= 4 is 0 Å². The number of nitrogens with zero attached hydrogens (tertiary/aromatic N) is 1. The maximum atomic E-state index is 3.51. The molecule has 2 rings (SSSR count). The zero-order chi connectivity index (χ0) is 8.39. The van der Waals surface area contributed by atoms with Crippen LogP contribution in [-0.2, 0) is 0 Å². The van der Waals surface area contributed by atoms with Gasteiger partial charge in [0, 0.05) is 12.6 Å². The Kier molecular flexibility index (Phi) is 2.66. The topological polar surface area (TPSA) is 15.3 Å². The zero-order valence-electron chi connectivity index (χ0n) is 8.05. The van der Waals surface area contributed by atoms with Crippen LogP contribution in [0.15, 0.2) is 0 Å². The number of fused-ring (bicyclic) bond motifs is 1. The molecule has 2 saturated heterocycles. The molecule has 2 aliphatic rings. The molecule has 2 fully saturated rings. The highest BCUT2D eigenvalue weighted by Gasteiger charge is 2.33. The first-order valence-electron chi connectivity index (χ1n) is 5.36. The Labute approximate surface area is 75.3 Å². The lowest BCUT2D eigenvalue weighted by atomic mass is 9.92. The Morgan fingerprint density at radius 3 is 3.17 bits per heavy atom. The van der Waals surface area contributed by atoms with E-state index < -0.39 is 0 Å². The monoisotopic (exact) mass is 168 g/mol. The van der Waals surface area contributed by atoms with Crippen molar-refractivity contribution in [3.05, 3.63) is 0 Å². The molecular formula is C10H20N2. The summed E-state index contributed by atoms with van der Waals surface area (Å²) in [5, 5.41) is 3.51. The molecular weight excluding hydrogens is 148 g/mol. The lowest BCUT2D eigenvalue weighted by Gasteiger charge is -2.36. The van der Waals surface area contributed by atoms with E-state index in [2.05, 4.69) is 17.1 Å². The summed E-state index contributed by atoms with van der Waals surface area (Å²) in [4.78, 5) is 2.69. The molecule has 0 spiro atoms. The fourth-order valence-corrected chi connectivity index (χ4v) is 2.73. The minimum atomic E-state index is 0.874. The quantitative estimate of drug-likeness (QED) is 0.664. The molecule has 2 atom stereocenters. The fraction of sp³-hybridized carbons (Fsp3) is 1.00. The molecule has 12 heavy (non-hydrogen) atoms. The van der Waals surface area contributed by atoms with E-state index in [4.69, 9.17) is 0 Å². The van der Waals surface area contributed by atoms with E-state index >= 15 is 0 Å². The van der Waals surface area contributed by atoms with Crippen molar-refractivity contribution in [2.45, 2.75) is 32.2 Å². The van der Waals surface area contributed by atoms with E-state index in [-0.39, 0.29) is 0 Å². The van der Waals surface area contributed by atoms with Crippen LogP contribution in [0, 0.1) is 5.92 Å². The summed E-state index contributed by atoms with van der Waals surface area (Å²) in [7, 11) is 0. The van der Waals surface area contributed by atoms with Gasteiger partial charge in [-0.2, -0.15) is 0 Å². The molecule has 2 heterocycles. The van der Waals surface area contributed by atoms with Gasteiger partial charge in [0.15, 0.2) is 0 Å². The van der Waals surface area contributed by atoms with Gasteiger partial charge in [-0.15, -0.1) is 0 Å². The summed E-state index contributed by atoms with van der Waals surface area (Å²) in [6.07, 6.45) is 4.18. The van der Waals surface area contributed by atoms with Gasteiger partial charge in [-0.3, -0.25) is 4.90 Å². The van der Waals surface area contributed by atoms with Crippen molar-refractivity contribution in [2.75, 3.05) is 26.2 Å². The Hall–Kier alpha value is -0.0800. The molecule has 0 aromatic rings. The van der Waals surface area contributed by atoms with E-state index in [1.807, 2.05) is 0 Å². The number of piperidine rings is 1. The van der Waals surface area contributed by atoms with Crippen molar-refractivity contribution in [1.82, 2.24) is 10.2 Å². The van der Waals surface area contributed by atoms with Crippen LogP contribution in [0.1, 0.15) is 26.2 Å². The molecule has 70 valence electrons. The first-order valence-corrected chi connectivity index (χ1v) is 5.36. The third kappa shape index (κ3) is 1.50. The smallest absolute Gasteiger partial charge is 0.0260 e. The number of likely N-dealkylation sites (tertiary alicyclic amines) is 1. The van der Waals surface area contributed by atoms with Crippen molar-refractivity contribution in [1.29, 1.82) is 0 Å². The summed E-state index contributed by atoms with van der Waals surface area (Å²) in [6.45, 7) is 7.45. The lowest BCUT2D eigenvalue weighted by molar-refractivity contribution is 0.125. The first kappa shape index (κ1) is 8.52. The highest BCUT2D eigenvalue weighted by atomic mass is 15.2. The van der Waals surface area contributed by atoms with Crippen LogP contribution in [-0.4, -0.2) is 37.1 Å². The molecule has 0 aliphatic carbocycles.